The van der Waals surface area contributed by atoms with Gasteiger partial charge in [-0.1, -0.05) is 0 Å². The van der Waals surface area contributed by atoms with Crippen LogP contribution in [0.4, 0.5) is 5.82 Å². The van der Waals surface area contributed by atoms with Gasteiger partial charge in [-0.25, -0.2) is 9.97 Å². The fourth-order valence-corrected chi connectivity index (χ4v) is 1.85. The van der Waals surface area contributed by atoms with Crippen molar-refractivity contribution in [2.45, 2.75) is 44.4 Å². The van der Waals surface area contributed by atoms with E-state index in [0.29, 0.717) is 17.7 Å². The van der Waals surface area contributed by atoms with Crippen molar-refractivity contribution in [3.05, 3.63) is 17.1 Å². The van der Waals surface area contributed by atoms with Crippen molar-refractivity contribution in [3.63, 3.8) is 0 Å². The van der Waals surface area contributed by atoms with E-state index in [1.54, 1.807) is 0 Å². The maximum Gasteiger partial charge on any atom is 0.134 e. The molecule has 2 fully saturated rings. The zero-order valence-electron chi connectivity index (χ0n) is 8.45. The van der Waals surface area contributed by atoms with E-state index in [2.05, 4.69) is 9.97 Å². The van der Waals surface area contributed by atoms with E-state index in [0.717, 1.165) is 11.4 Å². The molecule has 2 aliphatic carbocycles. The maximum atomic E-state index is 5.90. The van der Waals surface area contributed by atoms with Gasteiger partial charge in [-0.05, 0) is 32.6 Å². The number of anilines is 1. The molecule has 3 rings (SSSR count). The van der Waals surface area contributed by atoms with Gasteiger partial charge in [-0.15, -0.1) is 0 Å². The molecule has 0 amide bonds. The molecule has 1 aromatic rings. The molecule has 0 aromatic carbocycles. The fourth-order valence-electron chi connectivity index (χ4n) is 1.85. The van der Waals surface area contributed by atoms with Crippen LogP contribution < -0.4 is 5.73 Å². The third-order valence-corrected chi connectivity index (χ3v) is 3.14. The molecule has 3 heteroatoms. The number of aromatic nitrogens is 2. The summed E-state index contributed by atoms with van der Waals surface area (Å²) in [5.41, 5.74) is 8.23. The number of hydrogen-bond donors (Lipinski definition) is 1. The van der Waals surface area contributed by atoms with Crippen LogP contribution in [0.15, 0.2) is 0 Å². The molecule has 0 aliphatic heterocycles. The summed E-state index contributed by atoms with van der Waals surface area (Å²) in [7, 11) is 0. The van der Waals surface area contributed by atoms with Gasteiger partial charge in [0.2, 0.25) is 0 Å². The molecule has 0 atom stereocenters. The summed E-state index contributed by atoms with van der Waals surface area (Å²) < 4.78 is 0. The second-order valence-corrected chi connectivity index (χ2v) is 4.53. The van der Waals surface area contributed by atoms with Crippen molar-refractivity contribution in [1.29, 1.82) is 0 Å². The summed E-state index contributed by atoms with van der Waals surface area (Å²) >= 11 is 0. The van der Waals surface area contributed by atoms with Gasteiger partial charge in [0, 0.05) is 17.4 Å². The number of rotatable bonds is 2. The smallest absolute Gasteiger partial charge is 0.134 e. The summed E-state index contributed by atoms with van der Waals surface area (Å²) in [5.74, 6) is 2.98. The SMILES string of the molecule is Cc1c(N)nc(C2CC2)nc1C1CC1. The highest BCUT2D eigenvalue weighted by atomic mass is 15.0. The van der Waals surface area contributed by atoms with E-state index >= 15 is 0 Å². The zero-order chi connectivity index (χ0) is 9.71. The van der Waals surface area contributed by atoms with Gasteiger partial charge in [0.25, 0.3) is 0 Å². The molecule has 1 aromatic heterocycles. The Labute approximate surface area is 83.8 Å². The van der Waals surface area contributed by atoms with Crippen molar-refractivity contribution in [2.24, 2.45) is 0 Å². The van der Waals surface area contributed by atoms with Crippen LogP contribution in [0.1, 0.15) is 54.6 Å². The molecular formula is C11H15N3. The molecule has 0 saturated heterocycles. The molecule has 0 bridgehead atoms. The van der Waals surface area contributed by atoms with Crippen molar-refractivity contribution in [3.8, 4) is 0 Å². The molecular weight excluding hydrogens is 174 g/mol. The minimum atomic E-state index is 0.607. The average molecular weight is 189 g/mol. The maximum absolute atomic E-state index is 5.90. The van der Waals surface area contributed by atoms with Gasteiger partial charge in [0.1, 0.15) is 11.6 Å². The van der Waals surface area contributed by atoms with Crippen LogP contribution in [0.5, 0.6) is 0 Å². The molecule has 2 N–H and O–H groups in total. The summed E-state index contributed by atoms with van der Waals surface area (Å²) in [6.45, 7) is 2.04. The lowest BCUT2D eigenvalue weighted by molar-refractivity contribution is 0.864. The van der Waals surface area contributed by atoms with Crippen molar-refractivity contribution in [2.75, 3.05) is 5.73 Å². The lowest BCUT2D eigenvalue weighted by Crippen LogP contribution is -2.05. The summed E-state index contributed by atoms with van der Waals surface area (Å²) in [4.78, 5) is 9.04. The van der Waals surface area contributed by atoms with Gasteiger partial charge in [0.15, 0.2) is 0 Å². The highest BCUT2D eigenvalue weighted by molar-refractivity contribution is 5.44. The van der Waals surface area contributed by atoms with Crippen LogP contribution in [0.2, 0.25) is 0 Å². The quantitative estimate of drug-likeness (QED) is 0.775. The Kier molecular flexibility index (Phi) is 1.58. The Bertz CT molecular complexity index is 378. The number of nitrogens with two attached hydrogens (primary N) is 1. The largest absolute Gasteiger partial charge is 0.383 e. The Morgan fingerprint density at radius 2 is 1.71 bits per heavy atom. The molecule has 0 spiro atoms. The molecule has 14 heavy (non-hydrogen) atoms. The molecule has 74 valence electrons. The topological polar surface area (TPSA) is 51.8 Å². The Morgan fingerprint density at radius 1 is 1.07 bits per heavy atom. The van der Waals surface area contributed by atoms with Crippen molar-refractivity contribution in [1.82, 2.24) is 9.97 Å². The summed E-state index contributed by atoms with van der Waals surface area (Å²) in [6.07, 6.45) is 5.04. The minimum Gasteiger partial charge on any atom is -0.383 e. The average Bonchev–Trinajstić information content (AvgIpc) is 3.04. The molecule has 1 heterocycles. The van der Waals surface area contributed by atoms with Crippen LogP contribution in [0.3, 0.4) is 0 Å². The lowest BCUT2D eigenvalue weighted by atomic mass is 10.1. The third kappa shape index (κ3) is 1.27. The van der Waals surface area contributed by atoms with Gasteiger partial charge >= 0.3 is 0 Å². The molecule has 0 radical (unpaired) electrons. The number of hydrogen-bond acceptors (Lipinski definition) is 3. The van der Waals surface area contributed by atoms with Crippen LogP contribution in [0.25, 0.3) is 0 Å². The van der Waals surface area contributed by atoms with E-state index in [4.69, 9.17) is 5.73 Å². The summed E-state index contributed by atoms with van der Waals surface area (Å²) in [5, 5.41) is 0. The highest BCUT2D eigenvalue weighted by Crippen LogP contribution is 2.44. The zero-order valence-corrected chi connectivity index (χ0v) is 8.45. The Hall–Kier alpha value is -1.12. The van der Waals surface area contributed by atoms with E-state index in [9.17, 15) is 0 Å². The molecule has 3 nitrogen and oxygen atoms in total. The monoisotopic (exact) mass is 189 g/mol. The van der Waals surface area contributed by atoms with Gasteiger partial charge in [-0.3, -0.25) is 0 Å². The fraction of sp³-hybridized carbons (Fsp3) is 0.636. The predicted octanol–water partition coefficient (Wildman–Crippen LogP) is 2.12. The Balaban J connectivity index is 2.06. The van der Waals surface area contributed by atoms with Crippen LogP contribution in [-0.4, -0.2) is 9.97 Å². The van der Waals surface area contributed by atoms with E-state index < -0.39 is 0 Å². The van der Waals surface area contributed by atoms with Gasteiger partial charge in [-0.2, -0.15) is 0 Å². The van der Waals surface area contributed by atoms with E-state index in [1.165, 1.54) is 31.4 Å². The van der Waals surface area contributed by atoms with Crippen LogP contribution in [-0.2, 0) is 0 Å². The van der Waals surface area contributed by atoms with Crippen LogP contribution >= 0.6 is 0 Å². The number of nitrogens with zero attached hydrogens (tertiary/aromatic N) is 2. The first-order chi connectivity index (χ1) is 6.75. The second kappa shape index (κ2) is 2.69. The molecule has 2 aliphatic rings. The van der Waals surface area contributed by atoms with Crippen molar-refractivity contribution < 1.29 is 0 Å². The first-order valence-electron chi connectivity index (χ1n) is 5.39. The Morgan fingerprint density at radius 3 is 2.29 bits per heavy atom. The standard InChI is InChI=1S/C11H15N3/c1-6-9(7-2-3-7)13-11(8-4-5-8)14-10(6)12/h7-8H,2-5H2,1H3,(H2,12,13,14). The summed E-state index contributed by atoms with van der Waals surface area (Å²) in [6, 6.07) is 0. The van der Waals surface area contributed by atoms with Gasteiger partial charge in [0.05, 0.1) is 5.69 Å². The minimum absolute atomic E-state index is 0.607. The lowest BCUT2D eigenvalue weighted by Gasteiger charge is -2.08. The van der Waals surface area contributed by atoms with E-state index in [-0.39, 0.29) is 0 Å². The highest BCUT2D eigenvalue weighted by Gasteiger charge is 2.32. The normalized spacial score (nSPS) is 21.2. The van der Waals surface area contributed by atoms with Gasteiger partial charge < -0.3 is 5.73 Å². The molecule has 0 unspecified atom stereocenters. The second-order valence-electron chi connectivity index (χ2n) is 4.53. The van der Waals surface area contributed by atoms with E-state index in [1.807, 2.05) is 6.92 Å². The third-order valence-electron chi connectivity index (χ3n) is 3.14. The van der Waals surface area contributed by atoms with Crippen LogP contribution in [0, 0.1) is 6.92 Å². The number of nitrogen functional groups attached to an aromatic ring is 1. The first kappa shape index (κ1) is 8.21. The predicted molar refractivity (Wildman–Crippen MR) is 55.1 cm³/mol. The first-order valence-corrected chi connectivity index (χ1v) is 5.39. The van der Waals surface area contributed by atoms with Crippen molar-refractivity contribution >= 4 is 5.82 Å². The molecule has 2 saturated carbocycles.